The molecular formula is C20H32N4. The van der Waals surface area contributed by atoms with Crippen molar-refractivity contribution in [2.45, 2.75) is 39.5 Å². The van der Waals surface area contributed by atoms with E-state index >= 15 is 0 Å². The summed E-state index contributed by atoms with van der Waals surface area (Å²) in [6.07, 6.45) is 4.65. The normalized spacial score (nSPS) is 19.4. The summed E-state index contributed by atoms with van der Waals surface area (Å²) in [4.78, 5) is 9.55. The molecule has 0 spiro atoms. The molecule has 0 aliphatic carbocycles. The molecule has 4 heteroatoms. The van der Waals surface area contributed by atoms with Crippen LogP contribution in [0.3, 0.4) is 0 Å². The zero-order valence-electron chi connectivity index (χ0n) is 15.3. The molecule has 0 radical (unpaired) electrons. The Morgan fingerprint density at radius 1 is 0.667 bits per heavy atom. The fourth-order valence-corrected chi connectivity index (χ4v) is 2.94. The van der Waals surface area contributed by atoms with Crippen molar-refractivity contribution in [1.82, 2.24) is 10.6 Å². The van der Waals surface area contributed by atoms with Gasteiger partial charge in [-0.05, 0) is 65.7 Å². The SMILES string of the molecule is CC1=NCCCNCCCCNCCCN=C(C)c2ccccc21. The Balaban J connectivity index is 2.09. The maximum atomic E-state index is 4.77. The summed E-state index contributed by atoms with van der Waals surface area (Å²) in [5, 5.41) is 7.03. The van der Waals surface area contributed by atoms with Crippen LogP contribution in [0.2, 0.25) is 0 Å². The Hall–Kier alpha value is -1.52. The minimum absolute atomic E-state index is 0.880. The number of benzene rings is 1. The fraction of sp³-hybridized carbons (Fsp3) is 0.600. The molecule has 1 aromatic carbocycles. The summed E-state index contributed by atoms with van der Waals surface area (Å²) in [5.74, 6) is 0. The van der Waals surface area contributed by atoms with Crippen molar-refractivity contribution in [2.24, 2.45) is 9.98 Å². The molecule has 0 fully saturated rings. The number of nitrogens with one attached hydrogen (secondary N) is 2. The van der Waals surface area contributed by atoms with Gasteiger partial charge in [-0.1, -0.05) is 24.3 Å². The van der Waals surface area contributed by atoms with Crippen LogP contribution in [0.15, 0.2) is 34.3 Å². The first kappa shape index (κ1) is 18.8. The average Bonchev–Trinajstić information content (AvgIpc) is 2.61. The summed E-state index contributed by atoms with van der Waals surface area (Å²) in [6, 6.07) is 8.49. The van der Waals surface area contributed by atoms with Crippen LogP contribution < -0.4 is 10.6 Å². The van der Waals surface area contributed by atoms with Crippen molar-refractivity contribution < 1.29 is 0 Å². The number of aliphatic imine (C=N–C) groups is 2. The third kappa shape index (κ3) is 6.54. The van der Waals surface area contributed by atoms with Gasteiger partial charge in [-0.15, -0.1) is 0 Å². The summed E-state index contributed by atoms with van der Waals surface area (Å²) >= 11 is 0. The highest BCUT2D eigenvalue weighted by Crippen LogP contribution is 2.12. The van der Waals surface area contributed by atoms with Gasteiger partial charge in [-0.2, -0.15) is 0 Å². The van der Waals surface area contributed by atoms with Crippen LogP contribution in [-0.2, 0) is 0 Å². The zero-order valence-corrected chi connectivity index (χ0v) is 15.3. The van der Waals surface area contributed by atoms with Gasteiger partial charge in [0.1, 0.15) is 0 Å². The molecule has 2 N–H and O–H groups in total. The van der Waals surface area contributed by atoms with Crippen molar-refractivity contribution in [3.63, 3.8) is 0 Å². The highest BCUT2D eigenvalue weighted by Gasteiger charge is 2.07. The number of nitrogens with zero attached hydrogens (tertiary/aromatic N) is 2. The fourth-order valence-electron chi connectivity index (χ4n) is 2.94. The van der Waals surface area contributed by atoms with Crippen molar-refractivity contribution >= 4 is 11.4 Å². The molecule has 1 aliphatic heterocycles. The van der Waals surface area contributed by atoms with Crippen LogP contribution in [0.25, 0.3) is 0 Å². The minimum Gasteiger partial charge on any atom is -0.317 e. The van der Waals surface area contributed by atoms with Crippen LogP contribution >= 0.6 is 0 Å². The molecule has 0 unspecified atom stereocenters. The first-order valence-corrected chi connectivity index (χ1v) is 9.32. The molecule has 1 heterocycles. The van der Waals surface area contributed by atoms with E-state index in [-0.39, 0.29) is 0 Å². The Morgan fingerprint density at radius 2 is 1.08 bits per heavy atom. The van der Waals surface area contributed by atoms with E-state index in [2.05, 4.69) is 48.7 Å². The van der Waals surface area contributed by atoms with Gasteiger partial charge in [-0.3, -0.25) is 9.98 Å². The Bertz CT molecular complexity index is 499. The van der Waals surface area contributed by atoms with Crippen molar-refractivity contribution in [3.05, 3.63) is 35.4 Å². The Morgan fingerprint density at radius 3 is 1.54 bits per heavy atom. The van der Waals surface area contributed by atoms with Gasteiger partial charge >= 0.3 is 0 Å². The van der Waals surface area contributed by atoms with E-state index in [1.807, 2.05) is 0 Å². The van der Waals surface area contributed by atoms with Crippen molar-refractivity contribution in [3.8, 4) is 0 Å². The standard InChI is InChI=1S/C20H32N4/c1-17-19-9-3-4-10-20(19)18(2)24-16-8-14-22-12-6-5-11-21-13-7-15-23-17/h3-4,9-10,21-22H,5-8,11-16H2,1-2H3. The second-order valence-electron chi connectivity index (χ2n) is 6.39. The molecule has 0 bridgehead atoms. The largest absolute Gasteiger partial charge is 0.317 e. The second kappa shape index (κ2) is 11.1. The molecule has 2 rings (SSSR count). The number of rotatable bonds is 0. The third-order valence-electron chi connectivity index (χ3n) is 4.39. The Labute approximate surface area is 146 Å². The van der Waals surface area contributed by atoms with Crippen LogP contribution in [0, 0.1) is 0 Å². The lowest BCUT2D eigenvalue weighted by Gasteiger charge is -2.10. The van der Waals surface area contributed by atoms with Crippen LogP contribution in [0.1, 0.15) is 50.7 Å². The number of fused-ring (bicyclic) bond motifs is 1. The van der Waals surface area contributed by atoms with Gasteiger partial charge in [0.05, 0.1) is 0 Å². The first-order valence-electron chi connectivity index (χ1n) is 9.32. The lowest BCUT2D eigenvalue weighted by molar-refractivity contribution is 0.570. The molecule has 0 saturated heterocycles. The van der Waals surface area contributed by atoms with Crippen molar-refractivity contribution in [2.75, 3.05) is 39.3 Å². The second-order valence-corrected chi connectivity index (χ2v) is 6.39. The van der Waals surface area contributed by atoms with E-state index in [4.69, 9.17) is 9.98 Å². The number of hydrogen-bond acceptors (Lipinski definition) is 4. The molecule has 24 heavy (non-hydrogen) atoms. The van der Waals surface area contributed by atoms with E-state index in [9.17, 15) is 0 Å². The average molecular weight is 329 g/mol. The van der Waals surface area contributed by atoms with E-state index in [0.29, 0.717) is 0 Å². The van der Waals surface area contributed by atoms with Gasteiger partial charge in [-0.25, -0.2) is 0 Å². The van der Waals surface area contributed by atoms with Crippen LogP contribution in [0.5, 0.6) is 0 Å². The third-order valence-corrected chi connectivity index (χ3v) is 4.39. The van der Waals surface area contributed by atoms with Crippen LogP contribution in [-0.4, -0.2) is 50.7 Å². The first-order chi connectivity index (χ1) is 11.8. The molecule has 1 aromatic rings. The smallest absolute Gasteiger partial charge is 0.0404 e. The molecule has 4 nitrogen and oxygen atoms in total. The molecule has 0 saturated carbocycles. The van der Waals surface area contributed by atoms with Gasteiger partial charge in [0, 0.05) is 35.6 Å². The van der Waals surface area contributed by atoms with E-state index in [1.54, 1.807) is 0 Å². The highest BCUT2D eigenvalue weighted by atomic mass is 14.9. The van der Waals surface area contributed by atoms with Gasteiger partial charge in [0.25, 0.3) is 0 Å². The zero-order chi connectivity index (χ0) is 17.0. The summed E-state index contributed by atoms with van der Waals surface area (Å²) in [7, 11) is 0. The Kier molecular flexibility index (Phi) is 8.71. The molecule has 132 valence electrons. The summed E-state index contributed by atoms with van der Waals surface area (Å²) in [6.45, 7) is 10.3. The quantitative estimate of drug-likeness (QED) is 0.769. The lowest BCUT2D eigenvalue weighted by atomic mass is 10.0. The molecule has 0 amide bonds. The molecule has 0 atom stereocenters. The van der Waals surface area contributed by atoms with Gasteiger partial charge in [0.2, 0.25) is 0 Å². The predicted octanol–water partition coefficient (Wildman–Crippen LogP) is 3.06. The van der Waals surface area contributed by atoms with Gasteiger partial charge in [0.15, 0.2) is 0 Å². The maximum Gasteiger partial charge on any atom is 0.0404 e. The number of hydrogen-bond donors (Lipinski definition) is 2. The highest BCUT2D eigenvalue weighted by molar-refractivity contribution is 6.11. The molecule has 0 aromatic heterocycles. The minimum atomic E-state index is 0.880. The maximum absolute atomic E-state index is 4.77. The summed E-state index contributed by atoms with van der Waals surface area (Å²) in [5.41, 5.74) is 4.66. The monoisotopic (exact) mass is 328 g/mol. The molecular weight excluding hydrogens is 296 g/mol. The molecule has 1 aliphatic rings. The van der Waals surface area contributed by atoms with Crippen LogP contribution in [0.4, 0.5) is 0 Å². The topological polar surface area (TPSA) is 48.8 Å². The predicted molar refractivity (Wildman–Crippen MR) is 105 cm³/mol. The van der Waals surface area contributed by atoms with E-state index in [0.717, 1.165) is 63.5 Å². The van der Waals surface area contributed by atoms with E-state index in [1.165, 1.54) is 24.0 Å². The van der Waals surface area contributed by atoms with Gasteiger partial charge < -0.3 is 10.6 Å². The van der Waals surface area contributed by atoms with Crippen molar-refractivity contribution in [1.29, 1.82) is 0 Å². The lowest BCUT2D eigenvalue weighted by Crippen LogP contribution is -2.21. The van der Waals surface area contributed by atoms with E-state index < -0.39 is 0 Å². The summed E-state index contributed by atoms with van der Waals surface area (Å²) < 4.78 is 0.